The average molecular weight is 379 g/mol. The fourth-order valence-electron chi connectivity index (χ4n) is 4.39. The molecule has 7 heteroatoms. The van der Waals surface area contributed by atoms with Crippen LogP contribution >= 0.6 is 0 Å². The number of piperazine rings is 1. The first kappa shape index (κ1) is 17.6. The zero-order valence-corrected chi connectivity index (χ0v) is 16.2. The predicted octanol–water partition coefficient (Wildman–Crippen LogP) is 3.37. The molecule has 0 saturated carbocycles. The zero-order chi connectivity index (χ0) is 18.9. The third-order valence-corrected chi connectivity index (χ3v) is 5.87. The molecule has 1 atom stereocenters. The van der Waals surface area contributed by atoms with Gasteiger partial charge >= 0.3 is 0 Å². The standard InChI is InChI=1S/C21H25N5O2/c1-15-19(20(24-28-15)16-7-3-2-4-8-16)21-23-22-18(27-21)14-25-11-12-26-10-6-5-9-17(26)13-25/h2-4,7-8,17H,5-6,9-14H2,1H3. The van der Waals surface area contributed by atoms with Crippen molar-refractivity contribution in [2.24, 2.45) is 0 Å². The Morgan fingerprint density at radius 3 is 2.86 bits per heavy atom. The normalized spacial score (nSPS) is 21.0. The number of nitrogens with zero attached hydrogens (tertiary/aromatic N) is 5. The molecule has 7 nitrogen and oxygen atoms in total. The van der Waals surface area contributed by atoms with Crippen molar-refractivity contribution < 1.29 is 8.94 Å². The third-order valence-electron chi connectivity index (χ3n) is 5.87. The summed E-state index contributed by atoms with van der Waals surface area (Å²) in [4.78, 5) is 5.06. The Morgan fingerprint density at radius 2 is 1.96 bits per heavy atom. The van der Waals surface area contributed by atoms with E-state index in [0.717, 1.165) is 36.5 Å². The third kappa shape index (κ3) is 3.36. The molecule has 3 aromatic rings. The lowest BCUT2D eigenvalue weighted by Crippen LogP contribution is -2.54. The van der Waals surface area contributed by atoms with Crippen LogP contribution in [0.2, 0.25) is 0 Å². The molecular formula is C21H25N5O2. The van der Waals surface area contributed by atoms with E-state index in [-0.39, 0.29) is 0 Å². The number of benzene rings is 1. The highest BCUT2D eigenvalue weighted by atomic mass is 16.5. The van der Waals surface area contributed by atoms with Gasteiger partial charge in [-0.05, 0) is 26.3 Å². The van der Waals surface area contributed by atoms with Crippen molar-refractivity contribution in [2.75, 3.05) is 26.2 Å². The Balaban J connectivity index is 1.34. The number of fused-ring (bicyclic) bond motifs is 1. The molecule has 0 N–H and O–H groups in total. The van der Waals surface area contributed by atoms with E-state index in [0.29, 0.717) is 30.1 Å². The minimum Gasteiger partial charge on any atom is -0.419 e. The Bertz CT molecular complexity index is 935. The van der Waals surface area contributed by atoms with Gasteiger partial charge in [-0.15, -0.1) is 10.2 Å². The lowest BCUT2D eigenvalue weighted by Gasteiger charge is -2.43. The van der Waals surface area contributed by atoms with E-state index in [1.54, 1.807) is 0 Å². The minimum absolute atomic E-state index is 0.476. The van der Waals surface area contributed by atoms with Crippen molar-refractivity contribution in [1.29, 1.82) is 0 Å². The van der Waals surface area contributed by atoms with Crippen molar-refractivity contribution in [1.82, 2.24) is 25.2 Å². The summed E-state index contributed by atoms with van der Waals surface area (Å²) in [5.41, 5.74) is 2.49. The van der Waals surface area contributed by atoms with E-state index in [9.17, 15) is 0 Å². The highest BCUT2D eigenvalue weighted by molar-refractivity contribution is 5.77. The number of aromatic nitrogens is 3. The maximum absolute atomic E-state index is 6.03. The van der Waals surface area contributed by atoms with Crippen LogP contribution < -0.4 is 0 Å². The number of hydrogen-bond donors (Lipinski definition) is 0. The van der Waals surface area contributed by atoms with E-state index < -0.39 is 0 Å². The van der Waals surface area contributed by atoms with Crippen molar-refractivity contribution in [3.05, 3.63) is 42.0 Å². The smallest absolute Gasteiger partial charge is 0.253 e. The summed E-state index contributed by atoms with van der Waals surface area (Å²) >= 11 is 0. The fraction of sp³-hybridized carbons (Fsp3) is 0.476. The molecule has 146 valence electrons. The molecule has 0 bridgehead atoms. The van der Waals surface area contributed by atoms with E-state index in [1.807, 2.05) is 37.3 Å². The molecule has 0 amide bonds. The maximum atomic E-state index is 6.03. The first-order valence-electron chi connectivity index (χ1n) is 10.1. The van der Waals surface area contributed by atoms with E-state index in [1.165, 1.54) is 25.8 Å². The van der Waals surface area contributed by atoms with Crippen LogP contribution in [0.4, 0.5) is 0 Å². The summed E-state index contributed by atoms with van der Waals surface area (Å²) < 4.78 is 11.5. The lowest BCUT2D eigenvalue weighted by molar-refractivity contribution is 0.0419. The summed E-state index contributed by atoms with van der Waals surface area (Å²) in [6.45, 7) is 7.09. The molecule has 0 spiro atoms. The van der Waals surface area contributed by atoms with Gasteiger partial charge in [-0.25, -0.2) is 0 Å². The molecular weight excluding hydrogens is 354 g/mol. The minimum atomic E-state index is 0.476. The summed E-state index contributed by atoms with van der Waals surface area (Å²) in [5, 5.41) is 12.8. The van der Waals surface area contributed by atoms with Gasteiger partial charge in [0.15, 0.2) is 0 Å². The largest absolute Gasteiger partial charge is 0.419 e. The molecule has 0 radical (unpaired) electrons. The van der Waals surface area contributed by atoms with Crippen molar-refractivity contribution in [3.63, 3.8) is 0 Å². The topological polar surface area (TPSA) is 71.4 Å². The van der Waals surface area contributed by atoms with Gasteiger partial charge in [0, 0.05) is 31.2 Å². The number of rotatable bonds is 4. The van der Waals surface area contributed by atoms with Crippen LogP contribution in [0, 0.1) is 6.92 Å². The van der Waals surface area contributed by atoms with E-state index >= 15 is 0 Å². The van der Waals surface area contributed by atoms with Crippen molar-refractivity contribution in [3.8, 4) is 22.7 Å². The highest BCUT2D eigenvalue weighted by Crippen LogP contribution is 2.33. The SMILES string of the molecule is Cc1onc(-c2ccccc2)c1-c1nnc(CN2CCN3CCCCC3C2)o1. The second-order valence-electron chi connectivity index (χ2n) is 7.75. The lowest BCUT2D eigenvalue weighted by atomic mass is 9.99. The second kappa shape index (κ2) is 7.48. The van der Waals surface area contributed by atoms with Crippen LogP contribution in [-0.4, -0.2) is 57.4 Å². The maximum Gasteiger partial charge on any atom is 0.253 e. The van der Waals surface area contributed by atoms with Gasteiger partial charge in [0.2, 0.25) is 5.89 Å². The molecule has 2 saturated heterocycles. The van der Waals surface area contributed by atoms with Gasteiger partial charge in [0.25, 0.3) is 5.89 Å². The van der Waals surface area contributed by atoms with Gasteiger partial charge in [-0.3, -0.25) is 9.80 Å². The Labute approximate surface area is 164 Å². The van der Waals surface area contributed by atoms with E-state index in [2.05, 4.69) is 25.2 Å². The van der Waals surface area contributed by atoms with Crippen LogP contribution in [0.25, 0.3) is 22.7 Å². The van der Waals surface area contributed by atoms with Gasteiger partial charge < -0.3 is 8.94 Å². The molecule has 2 aliphatic rings. The Kier molecular flexibility index (Phi) is 4.70. The molecule has 2 aromatic heterocycles. The van der Waals surface area contributed by atoms with Crippen LogP contribution in [0.3, 0.4) is 0 Å². The number of hydrogen-bond acceptors (Lipinski definition) is 7. The van der Waals surface area contributed by atoms with Gasteiger partial charge in [-0.1, -0.05) is 41.9 Å². The molecule has 0 aliphatic carbocycles. The average Bonchev–Trinajstić information content (AvgIpc) is 3.34. The van der Waals surface area contributed by atoms with Gasteiger partial charge in [-0.2, -0.15) is 0 Å². The molecule has 1 unspecified atom stereocenters. The molecule has 2 fully saturated rings. The van der Waals surface area contributed by atoms with Crippen LogP contribution in [0.5, 0.6) is 0 Å². The second-order valence-corrected chi connectivity index (χ2v) is 7.75. The molecule has 28 heavy (non-hydrogen) atoms. The summed E-state index contributed by atoms with van der Waals surface area (Å²) in [7, 11) is 0. The van der Waals surface area contributed by atoms with Crippen LogP contribution in [0.15, 0.2) is 39.3 Å². The molecule has 2 aliphatic heterocycles. The number of aryl methyl sites for hydroxylation is 1. The summed E-state index contributed by atoms with van der Waals surface area (Å²) in [6, 6.07) is 10.6. The Morgan fingerprint density at radius 1 is 1.07 bits per heavy atom. The monoisotopic (exact) mass is 379 g/mol. The van der Waals surface area contributed by atoms with Crippen molar-refractivity contribution in [2.45, 2.75) is 38.8 Å². The van der Waals surface area contributed by atoms with E-state index in [4.69, 9.17) is 8.94 Å². The molecule has 4 heterocycles. The zero-order valence-electron chi connectivity index (χ0n) is 16.2. The number of piperidine rings is 1. The van der Waals surface area contributed by atoms with Gasteiger partial charge in [0.1, 0.15) is 17.0 Å². The highest BCUT2D eigenvalue weighted by Gasteiger charge is 2.30. The molecule has 5 rings (SSSR count). The summed E-state index contributed by atoms with van der Waals surface area (Å²) in [5.74, 6) is 1.81. The first-order valence-corrected chi connectivity index (χ1v) is 10.1. The quantitative estimate of drug-likeness (QED) is 0.688. The fourth-order valence-corrected chi connectivity index (χ4v) is 4.39. The van der Waals surface area contributed by atoms with Crippen LogP contribution in [-0.2, 0) is 6.54 Å². The first-order chi connectivity index (χ1) is 13.8. The summed E-state index contributed by atoms with van der Waals surface area (Å²) in [6.07, 6.45) is 3.98. The van der Waals surface area contributed by atoms with Crippen molar-refractivity contribution >= 4 is 0 Å². The predicted molar refractivity (Wildman–Crippen MR) is 104 cm³/mol. The van der Waals surface area contributed by atoms with Crippen LogP contribution in [0.1, 0.15) is 30.9 Å². The Hall–Kier alpha value is -2.51. The molecule has 1 aromatic carbocycles. The van der Waals surface area contributed by atoms with Gasteiger partial charge in [0.05, 0.1) is 6.54 Å².